The Morgan fingerprint density at radius 2 is 2.07 bits per heavy atom. The predicted molar refractivity (Wildman–Crippen MR) is 92.7 cm³/mol. The maximum absolute atomic E-state index is 14.1. The van der Waals surface area contributed by atoms with Crippen molar-refractivity contribution in [3.05, 3.63) is 52.1 Å². The van der Waals surface area contributed by atoms with E-state index in [0.29, 0.717) is 22.5 Å². The van der Waals surface area contributed by atoms with E-state index in [0.717, 1.165) is 17.5 Å². The van der Waals surface area contributed by atoms with Crippen molar-refractivity contribution in [1.29, 1.82) is 0 Å². The highest BCUT2D eigenvalue weighted by Gasteiger charge is 2.48. The molecule has 1 saturated carbocycles. The Kier molecular flexibility index (Phi) is 4.28. The van der Waals surface area contributed by atoms with E-state index in [-0.39, 0.29) is 30.7 Å². The van der Waals surface area contributed by atoms with E-state index in [2.05, 4.69) is 5.10 Å². The minimum Gasteiger partial charge on any atom is -0.481 e. The van der Waals surface area contributed by atoms with Gasteiger partial charge in [-0.3, -0.25) is 9.48 Å². The SMILES string of the molecule is Cc1c(F)cccc1C1(C(=O)O)CCc2nn(CC(F)(F)F)c(C3CC3)c2C1. The van der Waals surface area contributed by atoms with Crippen molar-refractivity contribution in [2.45, 2.75) is 63.1 Å². The number of aromatic nitrogens is 2. The van der Waals surface area contributed by atoms with Crippen LogP contribution in [-0.4, -0.2) is 27.0 Å². The first-order valence-electron chi connectivity index (χ1n) is 9.26. The molecule has 8 heteroatoms. The number of benzene rings is 1. The number of alkyl halides is 3. The third kappa shape index (κ3) is 3.08. The summed E-state index contributed by atoms with van der Waals surface area (Å²) in [6, 6.07) is 4.36. The summed E-state index contributed by atoms with van der Waals surface area (Å²) in [5.41, 5.74) is 0.933. The van der Waals surface area contributed by atoms with Gasteiger partial charge in [-0.25, -0.2) is 4.39 Å². The molecule has 1 unspecified atom stereocenters. The van der Waals surface area contributed by atoms with Crippen molar-refractivity contribution in [1.82, 2.24) is 9.78 Å². The summed E-state index contributed by atoms with van der Waals surface area (Å²) in [6.07, 6.45) is -2.40. The normalized spacial score (nSPS) is 22.2. The van der Waals surface area contributed by atoms with Gasteiger partial charge in [-0.2, -0.15) is 18.3 Å². The number of aliphatic carboxylic acids is 1. The Balaban J connectivity index is 1.83. The molecule has 0 radical (unpaired) electrons. The smallest absolute Gasteiger partial charge is 0.408 e. The van der Waals surface area contributed by atoms with E-state index < -0.39 is 29.9 Å². The van der Waals surface area contributed by atoms with Crippen LogP contribution in [0.5, 0.6) is 0 Å². The summed E-state index contributed by atoms with van der Waals surface area (Å²) in [6.45, 7) is 0.366. The minimum atomic E-state index is -4.40. The van der Waals surface area contributed by atoms with Gasteiger partial charge in [-0.15, -0.1) is 0 Å². The Labute approximate surface area is 159 Å². The molecule has 1 atom stereocenters. The zero-order chi connectivity index (χ0) is 20.3. The summed E-state index contributed by atoms with van der Waals surface area (Å²) in [7, 11) is 0. The number of carboxylic acid groups (broad SMARTS) is 1. The van der Waals surface area contributed by atoms with E-state index in [1.54, 1.807) is 13.0 Å². The third-order valence-corrected chi connectivity index (χ3v) is 5.93. The number of rotatable bonds is 4. The molecule has 2 aliphatic carbocycles. The number of carbonyl (C=O) groups is 1. The van der Waals surface area contributed by atoms with Crippen LogP contribution in [0.3, 0.4) is 0 Å². The molecule has 1 aromatic heterocycles. The van der Waals surface area contributed by atoms with Crippen molar-refractivity contribution < 1.29 is 27.5 Å². The molecule has 1 fully saturated rings. The fourth-order valence-corrected chi connectivity index (χ4v) is 4.44. The van der Waals surface area contributed by atoms with Crippen LogP contribution in [0.4, 0.5) is 17.6 Å². The van der Waals surface area contributed by atoms with Crippen LogP contribution in [0.25, 0.3) is 0 Å². The molecule has 28 heavy (non-hydrogen) atoms. The predicted octanol–water partition coefficient (Wildman–Crippen LogP) is 4.28. The molecule has 2 aromatic rings. The van der Waals surface area contributed by atoms with Crippen LogP contribution >= 0.6 is 0 Å². The number of carboxylic acids is 1. The number of fused-ring (bicyclic) bond motifs is 1. The van der Waals surface area contributed by atoms with Crippen molar-refractivity contribution in [3.8, 4) is 0 Å². The van der Waals surface area contributed by atoms with Crippen LogP contribution in [0.15, 0.2) is 18.2 Å². The van der Waals surface area contributed by atoms with Crippen LogP contribution in [0, 0.1) is 12.7 Å². The molecule has 1 N–H and O–H groups in total. The number of hydrogen-bond acceptors (Lipinski definition) is 2. The molecule has 0 saturated heterocycles. The highest BCUT2D eigenvalue weighted by atomic mass is 19.4. The molecule has 1 heterocycles. The fraction of sp³-hybridized carbons (Fsp3) is 0.500. The van der Waals surface area contributed by atoms with Gasteiger partial charge in [0, 0.05) is 11.6 Å². The average Bonchev–Trinajstić information content (AvgIpc) is 3.37. The van der Waals surface area contributed by atoms with Crippen LogP contribution < -0.4 is 0 Å². The van der Waals surface area contributed by atoms with Crippen LogP contribution in [0.1, 0.15) is 53.3 Å². The molecular formula is C20H20F4N2O2. The van der Waals surface area contributed by atoms with Crippen molar-refractivity contribution in [3.63, 3.8) is 0 Å². The highest BCUT2D eigenvalue weighted by Crippen LogP contribution is 2.48. The Morgan fingerprint density at radius 1 is 1.36 bits per heavy atom. The zero-order valence-electron chi connectivity index (χ0n) is 15.3. The Bertz CT molecular complexity index is 946. The van der Waals surface area contributed by atoms with E-state index >= 15 is 0 Å². The quantitative estimate of drug-likeness (QED) is 0.785. The lowest BCUT2D eigenvalue weighted by Crippen LogP contribution is -2.42. The van der Waals surface area contributed by atoms with Crippen LogP contribution in [-0.2, 0) is 29.6 Å². The minimum absolute atomic E-state index is 0.0169. The lowest BCUT2D eigenvalue weighted by molar-refractivity contribution is -0.145. The lowest BCUT2D eigenvalue weighted by atomic mass is 9.67. The molecule has 2 aliphatic rings. The van der Waals surface area contributed by atoms with Gasteiger partial charge in [-0.1, -0.05) is 12.1 Å². The van der Waals surface area contributed by atoms with E-state index in [1.165, 1.54) is 12.1 Å². The molecule has 150 valence electrons. The maximum atomic E-state index is 14.1. The Morgan fingerprint density at radius 3 is 2.68 bits per heavy atom. The molecule has 1 aromatic carbocycles. The molecule has 0 aliphatic heterocycles. The summed E-state index contributed by atoms with van der Waals surface area (Å²) in [4.78, 5) is 12.4. The largest absolute Gasteiger partial charge is 0.481 e. The van der Waals surface area contributed by atoms with Crippen LogP contribution in [0.2, 0.25) is 0 Å². The van der Waals surface area contributed by atoms with Crippen molar-refractivity contribution >= 4 is 5.97 Å². The topological polar surface area (TPSA) is 55.1 Å². The summed E-state index contributed by atoms with van der Waals surface area (Å²) < 4.78 is 54.2. The second kappa shape index (κ2) is 6.32. The molecular weight excluding hydrogens is 376 g/mol. The van der Waals surface area contributed by atoms with Gasteiger partial charge < -0.3 is 5.11 Å². The molecule has 0 amide bonds. The zero-order valence-corrected chi connectivity index (χ0v) is 15.3. The number of nitrogens with zero attached hydrogens (tertiary/aromatic N) is 2. The van der Waals surface area contributed by atoms with E-state index in [4.69, 9.17) is 0 Å². The fourth-order valence-electron chi connectivity index (χ4n) is 4.44. The molecule has 0 spiro atoms. The summed E-state index contributed by atoms with van der Waals surface area (Å²) in [5.74, 6) is -1.59. The van der Waals surface area contributed by atoms with Gasteiger partial charge in [0.15, 0.2) is 0 Å². The summed E-state index contributed by atoms with van der Waals surface area (Å²) in [5, 5.41) is 14.3. The average molecular weight is 396 g/mol. The van der Waals surface area contributed by atoms with Gasteiger partial charge in [0.2, 0.25) is 0 Å². The van der Waals surface area contributed by atoms with Gasteiger partial charge in [0.25, 0.3) is 0 Å². The number of halogens is 4. The first kappa shape index (κ1) is 19.0. The van der Waals surface area contributed by atoms with Crippen molar-refractivity contribution in [2.24, 2.45) is 0 Å². The van der Waals surface area contributed by atoms with Gasteiger partial charge in [0.1, 0.15) is 12.4 Å². The highest BCUT2D eigenvalue weighted by molar-refractivity contribution is 5.83. The van der Waals surface area contributed by atoms with Gasteiger partial charge in [0.05, 0.1) is 11.1 Å². The second-order valence-electron chi connectivity index (χ2n) is 7.83. The third-order valence-electron chi connectivity index (χ3n) is 5.93. The molecule has 0 bridgehead atoms. The van der Waals surface area contributed by atoms with Gasteiger partial charge >= 0.3 is 12.1 Å². The number of aryl methyl sites for hydroxylation is 1. The van der Waals surface area contributed by atoms with Crippen molar-refractivity contribution in [2.75, 3.05) is 0 Å². The maximum Gasteiger partial charge on any atom is 0.408 e. The molecule has 4 nitrogen and oxygen atoms in total. The lowest BCUT2D eigenvalue weighted by Gasteiger charge is -2.35. The number of hydrogen-bond donors (Lipinski definition) is 1. The second-order valence-corrected chi connectivity index (χ2v) is 7.83. The van der Waals surface area contributed by atoms with E-state index in [9.17, 15) is 27.5 Å². The first-order chi connectivity index (χ1) is 13.1. The van der Waals surface area contributed by atoms with Gasteiger partial charge in [-0.05, 0) is 61.8 Å². The standard InChI is InChI=1S/C20H20F4N2O2/c1-11-14(3-2-4-15(11)21)19(18(27)28)8-7-16-13(9-19)17(12-5-6-12)26(25-16)10-20(22,23)24/h2-4,12H,5-10H2,1H3,(H,27,28). The monoisotopic (exact) mass is 396 g/mol. The first-order valence-corrected chi connectivity index (χ1v) is 9.26. The van der Waals surface area contributed by atoms with E-state index in [1.807, 2.05) is 0 Å². The Hall–Kier alpha value is -2.38. The molecule has 4 rings (SSSR count). The summed E-state index contributed by atoms with van der Waals surface area (Å²) >= 11 is 0.